The second kappa shape index (κ2) is 11.8. The van der Waals surface area contributed by atoms with Crippen LogP contribution in [0, 0.1) is 0 Å². The van der Waals surface area contributed by atoms with Crippen molar-refractivity contribution in [3.05, 3.63) is 84.5 Å². The van der Waals surface area contributed by atoms with Crippen LogP contribution in [0.15, 0.2) is 63.5 Å². The van der Waals surface area contributed by atoms with Gasteiger partial charge in [0, 0.05) is 18.8 Å². The van der Waals surface area contributed by atoms with Gasteiger partial charge in [-0.05, 0) is 62.2 Å². The van der Waals surface area contributed by atoms with Gasteiger partial charge in [-0.1, -0.05) is 29.5 Å². The van der Waals surface area contributed by atoms with E-state index in [0.717, 1.165) is 24.3 Å². The van der Waals surface area contributed by atoms with Gasteiger partial charge in [-0.2, -0.15) is 8.78 Å². The number of thiazole rings is 1. The zero-order chi connectivity index (χ0) is 28.3. The Balaban J connectivity index is 1.86. The van der Waals surface area contributed by atoms with Gasteiger partial charge in [0.25, 0.3) is 5.56 Å². The highest BCUT2D eigenvalue weighted by atomic mass is 32.1. The van der Waals surface area contributed by atoms with Crippen LogP contribution in [-0.2, 0) is 9.53 Å². The fourth-order valence-corrected chi connectivity index (χ4v) is 5.63. The Kier molecular flexibility index (Phi) is 8.49. The third-order valence-corrected chi connectivity index (χ3v) is 7.45. The van der Waals surface area contributed by atoms with Crippen LogP contribution in [0.3, 0.4) is 0 Å². The molecule has 0 bridgehead atoms. The fraction of sp³-hybridized carbons (Fsp3) is 0.321. The number of rotatable bonds is 9. The van der Waals surface area contributed by atoms with Gasteiger partial charge in [-0.15, -0.1) is 0 Å². The lowest BCUT2D eigenvalue weighted by molar-refractivity contribution is -0.136. The van der Waals surface area contributed by atoms with Crippen LogP contribution in [0.1, 0.15) is 37.9 Å². The molecule has 8 nitrogen and oxygen atoms in total. The number of ether oxygens (including phenoxy) is 3. The number of fused-ring (bicyclic) bond motifs is 1. The minimum absolute atomic E-state index is 0.104. The van der Waals surface area contributed by atoms with E-state index in [1.54, 1.807) is 19.1 Å². The van der Waals surface area contributed by atoms with Gasteiger partial charge in [0.15, 0.2) is 16.3 Å². The zero-order valence-electron chi connectivity index (χ0n) is 22.2. The van der Waals surface area contributed by atoms with Crippen LogP contribution in [0.5, 0.6) is 11.5 Å². The first kappa shape index (κ1) is 28.0. The number of aromatic nitrogens is 1. The van der Waals surface area contributed by atoms with Crippen molar-refractivity contribution in [2.45, 2.75) is 33.4 Å². The summed E-state index contributed by atoms with van der Waals surface area (Å²) in [5.74, 6) is -0.577. The number of benzene rings is 2. The molecule has 206 valence electrons. The molecule has 0 amide bonds. The van der Waals surface area contributed by atoms with Crippen molar-refractivity contribution in [2.24, 2.45) is 4.99 Å². The molecule has 0 saturated carbocycles. The van der Waals surface area contributed by atoms with E-state index < -0.39 is 18.6 Å². The van der Waals surface area contributed by atoms with Gasteiger partial charge in [-0.25, -0.2) is 9.79 Å². The Bertz CT molecular complexity index is 1570. The Morgan fingerprint density at radius 2 is 1.82 bits per heavy atom. The number of carbonyl (C=O) groups excluding carboxylic acids is 1. The van der Waals surface area contributed by atoms with Gasteiger partial charge in [0.1, 0.15) is 0 Å². The maximum atomic E-state index is 13.7. The molecule has 39 heavy (non-hydrogen) atoms. The summed E-state index contributed by atoms with van der Waals surface area (Å²) in [4.78, 5) is 33.8. The lowest BCUT2D eigenvalue weighted by atomic mass is 9.95. The third-order valence-electron chi connectivity index (χ3n) is 6.47. The first-order valence-electron chi connectivity index (χ1n) is 12.3. The minimum atomic E-state index is -3.00. The monoisotopic (exact) mass is 557 g/mol. The average Bonchev–Trinajstić information content (AvgIpc) is 3.23. The molecule has 0 N–H and O–H groups in total. The molecule has 2 heterocycles. The quantitative estimate of drug-likeness (QED) is 0.372. The normalized spacial score (nSPS) is 15.2. The van der Waals surface area contributed by atoms with Crippen molar-refractivity contribution in [2.75, 3.05) is 32.2 Å². The molecule has 1 aliphatic heterocycles. The van der Waals surface area contributed by atoms with Crippen molar-refractivity contribution < 1.29 is 27.8 Å². The molecule has 1 aromatic heterocycles. The van der Waals surface area contributed by atoms with E-state index in [0.29, 0.717) is 20.6 Å². The Morgan fingerprint density at radius 3 is 2.41 bits per heavy atom. The number of anilines is 1. The predicted molar refractivity (Wildman–Crippen MR) is 145 cm³/mol. The minimum Gasteiger partial charge on any atom is -0.493 e. The van der Waals surface area contributed by atoms with Crippen molar-refractivity contribution in [3.8, 4) is 11.5 Å². The highest BCUT2D eigenvalue weighted by Crippen LogP contribution is 2.32. The molecule has 0 aliphatic carbocycles. The molecule has 0 spiro atoms. The van der Waals surface area contributed by atoms with Gasteiger partial charge in [0.2, 0.25) is 0 Å². The van der Waals surface area contributed by atoms with E-state index in [1.807, 2.05) is 24.3 Å². The summed E-state index contributed by atoms with van der Waals surface area (Å²) in [6, 6.07) is 11.4. The van der Waals surface area contributed by atoms with E-state index in [1.165, 1.54) is 42.3 Å². The van der Waals surface area contributed by atoms with Gasteiger partial charge in [-0.3, -0.25) is 9.36 Å². The second-order valence-corrected chi connectivity index (χ2v) is 9.64. The van der Waals surface area contributed by atoms with Crippen LogP contribution in [0.2, 0.25) is 0 Å². The molecule has 1 unspecified atom stereocenters. The molecule has 4 rings (SSSR count). The fourth-order valence-electron chi connectivity index (χ4n) is 4.58. The first-order chi connectivity index (χ1) is 18.7. The molecule has 0 fully saturated rings. The Labute approximate surface area is 228 Å². The maximum Gasteiger partial charge on any atom is 0.387 e. The number of alkyl halides is 2. The molecular weight excluding hydrogens is 528 g/mol. The summed E-state index contributed by atoms with van der Waals surface area (Å²) in [5.41, 5.74) is 2.71. The number of allylic oxidation sites excluding steroid dienone is 1. The maximum absolute atomic E-state index is 13.7. The third kappa shape index (κ3) is 5.58. The van der Waals surface area contributed by atoms with Crippen molar-refractivity contribution >= 4 is 29.1 Å². The predicted octanol–water partition coefficient (Wildman–Crippen LogP) is 3.86. The smallest absolute Gasteiger partial charge is 0.387 e. The molecule has 1 aliphatic rings. The number of nitrogens with zero attached hydrogens (tertiary/aromatic N) is 3. The van der Waals surface area contributed by atoms with Crippen LogP contribution in [0.4, 0.5) is 14.5 Å². The van der Waals surface area contributed by atoms with E-state index >= 15 is 0 Å². The SMILES string of the molecule is CCN(CC)c1ccc(C2C(C(=O)OC)=C(C)N=c3s/c(=C/c4ccc(OC(F)F)c(OC)c4)c(=O)n32)cc1. The Hall–Kier alpha value is -3.99. The number of carbonyl (C=O) groups is 1. The first-order valence-corrected chi connectivity index (χ1v) is 13.1. The standard InChI is InChI=1S/C28H29F2N3O5S/c1-6-32(7-2)19-11-9-18(10-12-19)24-23(26(35)37-5)16(3)31-28-33(24)25(34)22(39-28)15-17-8-13-20(38-27(29)30)21(14-17)36-4/h8-15,24,27H,6-7H2,1-5H3/b22-15+. The summed E-state index contributed by atoms with van der Waals surface area (Å²) in [6.07, 6.45) is 1.62. The van der Waals surface area contributed by atoms with Gasteiger partial charge in [0.05, 0.1) is 36.1 Å². The lowest BCUT2D eigenvalue weighted by Gasteiger charge is -2.26. The summed E-state index contributed by atoms with van der Waals surface area (Å²) in [6.45, 7) is 4.56. The van der Waals surface area contributed by atoms with E-state index in [4.69, 9.17) is 9.47 Å². The van der Waals surface area contributed by atoms with E-state index in [-0.39, 0.29) is 22.6 Å². The molecule has 2 aromatic carbocycles. The highest BCUT2D eigenvalue weighted by molar-refractivity contribution is 7.07. The second-order valence-electron chi connectivity index (χ2n) is 8.63. The molecular formula is C28H29F2N3O5S. The topological polar surface area (TPSA) is 82.4 Å². The summed E-state index contributed by atoms with van der Waals surface area (Å²) in [7, 11) is 2.64. The number of hydrogen-bond acceptors (Lipinski definition) is 8. The van der Waals surface area contributed by atoms with Crippen molar-refractivity contribution in [3.63, 3.8) is 0 Å². The lowest BCUT2D eigenvalue weighted by Crippen LogP contribution is -2.39. The summed E-state index contributed by atoms with van der Waals surface area (Å²) in [5, 5.41) is 0. The van der Waals surface area contributed by atoms with Crippen LogP contribution >= 0.6 is 11.3 Å². The molecule has 0 saturated heterocycles. The number of methoxy groups -OCH3 is 2. The molecule has 3 aromatic rings. The van der Waals surface area contributed by atoms with Gasteiger partial charge >= 0.3 is 12.6 Å². The van der Waals surface area contributed by atoms with Crippen LogP contribution < -0.4 is 29.3 Å². The van der Waals surface area contributed by atoms with Crippen LogP contribution in [0.25, 0.3) is 6.08 Å². The van der Waals surface area contributed by atoms with E-state index in [2.05, 4.69) is 28.5 Å². The molecule has 0 radical (unpaired) electrons. The number of halogens is 2. The molecule has 11 heteroatoms. The highest BCUT2D eigenvalue weighted by Gasteiger charge is 2.33. The van der Waals surface area contributed by atoms with E-state index in [9.17, 15) is 18.4 Å². The largest absolute Gasteiger partial charge is 0.493 e. The van der Waals surface area contributed by atoms with Crippen molar-refractivity contribution in [1.82, 2.24) is 4.57 Å². The summed E-state index contributed by atoms with van der Waals surface area (Å²) >= 11 is 1.17. The average molecular weight is 558 g/mol. The summed E-state index contributed by atoms with van der Waals surface area (Å²) < 4.78 is 42.0. The van der Waals surface area contributed by atoms with Gasteiger partial charge < -0.3 is 19.1 Å². The number of esters is 1. The van der Waals surface area contributed by atoms with Crippen LogP contribution in [-0.4, -0.2) is 44.5 Å². The zero-order valence-corrected chi connectivity index (χ0v) is 23.1. The molecule has 1 atom stereocenters. The van der Waals surface area contributed by atoms with Crippen molar-refractivity contribution in [1.29, 1.82) is 0 Å². The Morgan fingerprint density at radius 1 is 1.13 bits per heavy atom. The number of hydrogen-bond donors (Lipinski definition) is 0.